The maximum atomic E-state index is 14.6. The van der Waals surface area contributed by atoms with Crippen molar-refractivity contribution >= 4 is 17.4 Å². The Labute approximate surface area is 229 Å². The molecule has 12 heteroatoms. The van der Waals surface area contributed by atoms with E-state index in [-0.39, 0.29) is 18.7 Å². The predicted molar refractivity (Wildman–Crippen MR) is 145 cm³/mol. The van der Waals surface area contributed by atoms with Crippen molar-refractivity contribution in [1.29, 1.82) is 0 Å². The van der Waals surface area contributed by atoms with Crippen LogP contribution in [0.4, 0.5) is 25.0 Å². The Kier molecular flexibility index (Phi) is 7.89. The lowest BCUT2D eigenvalue weighted by molar-refractivity contribution is -0.0297. The van der Waals surface area contributed by atoms with Gasteiger partial charge in [-0.3, -0.25) is 0 Å². The smallest absolute Gasteiger partial charge is 0.334 e. The molecule has 40 heavy (non-hydrogen) atoms. The standard InChI is InChI=1S/C28H29F2N7O3/c29-21-6-11-25(26(30)16-21)28(39,17-35-20-32-19-33-35)18-40-24-9-7-22(8-10-24)34-12-14-36(15-13-34)37(27(31)38)23-4-2-1-3-5-23/h1-11,16,19-20,39H,12-15,17-18H2,(H2,31,38). The van der Waals surface area contributed by atoms with Crippen molar-refractivity contribution in [2.45, 2.75) is 12.1 Å². The highest BCUT2D eigenvalue weighted by Gasteiger charge is 2.35. The number of hydrogen-bond acceptors (Lipinski definition) is 7. The van der Waals surface area contributed by atoms with Crippen molar-refractivity contribution in [3.05, 3.63) is 103 Å². The van der Waals surface area contributed by atoms with Crippen LogP contribution in [0, 0.1) is 11.6 Å². The van der Waals surface area contributed by atoms with E-state index in [2.05, 4.69) is 15.0 Å². The van der Waals surface area contributed by atoms with E-state index in [0.29, 0.717) is 37.6 Å². The molecule has 0 bridgehead atoms. The molecule has 1 aliphatic heterocycles. The molecule has 2 heterocycles. The number of aliphatic hydroxyl groups is 1. The van der Waals surface area contributed by atoms with Gasteiger partial charge in [0.2, 0.25) is 0 Å². The van der Waals surface area contributed by atoms with Crippen molar-refractivity contribution in [1.82, 2.24) is 19.8 Å². The molecule has 1 aromatic heterocycles. The fraction of sp³-hybridized carbons (Fsp3) is 0.250. The van der Waals surface area contributed by atoms with Gasteiger partial charge in [-0.15, -0.1) is 0 Å². The molecule has 1 saturated heterocycles. The molecule has 1 aliphatic rings. The number of nitrogens with zero attached hydrogens (tertiary/aromatic N) is 6. The van der Waals surface area contributed by atoms with Gasteiger partial charge in [-0.05, 0) is 42.5 Å². The largest absolute Gasteiger partial charge is 0.490 e. The third-order valence-electron chi connectivity index (χ3n) is 6.75. The van der Waals surface area contributed by atoms with Gasteiger partial charge in [0.05, 0.1) is 12.2 Å². The van der Waals surface area contributed by atoms with Crippen LogP contribution >= 0.6 is 0 Å². The monoisotopic (exact) mass is 549 g/mol. The van der Waals surface area contributed by atoms with Gasteiger partial charge < -0.3 is 20.5 Å². The number of hydrogen-bond donors (Lipinski definition) is 2. The fourth-order valence-electron chi connectivity index (χ4n) is 4.77. The predicted octanol–water partition coefficient (Wildman–Crippen LogP) is 3.15. The minimum Gasteiger partial charge on any atom is -0.490 e. The van der Waals surface area contributed by atoms with Gasteiger partial charge in [-0.1, -0.05) is 24.3 Å². The molecule has 0 spiro atoms. The summed E-state index contributed by atoms with van der Waals surface area (Å²) in [7, 11) is 0. The van der Waals surface area contributed by atoms with E-state index in [4.69, 9.17) is 10.5 Å². The van der Waals surface area contributed by atoms with E-state index < -0.39 is 23.3 Å². The molecule has 1 fully saturated rings. The van der Waals surface area contributed by atoms with Crippen molar-refractivity contribution in [2.75, 3.05) is 42.7 Å². The van der Waals surface area contributed by atoms with Crippen molar-refractivity contribution < 1.29 is 23.4 Å². The van der Waals surface area contributed by atoms with E-state index in [9.17, 15) is 18.7 Å². The highest BCUT2D eigenvalue weighted by atomic mass is 19.1. The summed E-state index contributed by atoms with van der Waals surface area (Å²) >= 11 is 0. The summed E-state index contributed by atoms with van der Waals surface area (Å²) in [5, 5.41) is 18.8. The van der Waals surface area contributed by atoms with Crippen molar-refractivity contribution in [3.63, 3.8) is 0 Å². The molecule has 0 radical (unpaired) electrons. The fourth-order valence-corrected chi connectivity index (χ4v) is 4.77. The second kappa shape index (κ2) is 11.7. The van der Waals surface area contributed by atoms with Crippen LogP contribution in [0.1, 0.15) is 5.56 Å². The average molecular weight is 550 g/mol. The van der Waals surface area contributed by atoms with E-state index in [0.717, 1.165) is 17.8 Å². The molecule has 3 aromatic carbocycles. The molecular weight excluding hydrogens is 520 g/mol. The number of aromatic nitrogens is 3. The molecule has 3 N–H and O–H groups in total. The van der Waals surface area contributed by atoms with Gasteiger partial charge >= 0.3 is 6.03 Å². The molecule has 1 atom stereocenters. The highest BCUT2D eigenvalue weighted by molar-refractivity contribution is 5.89. The van der Waals surface area contributed by atoms with Gasteiger partial charge in [0.25, 0.3) is 0 Å². The summed E-state index contributed by atoms with van der Waals surface area (Å²) in [5.41, 5.74) is 5.39. The second-order valence-corrected chi connectivity index (χ2v) is 9.46. The summed E-state index contributed by atoms with van der Waals surface area (Å²) in [6.45, 7) is 2.05. The van der Waals surface area contributed by atoms with Crippen LogP contribution in [0.2, 0.25) is 0 Å². The van der Waals surface area contributed by atoms with E-state index in [1.807, 2.05) is 47.5 Å². The van der Waals surface area contributed by atoms with Crippen LogP contribution in [0.25, 0.3) is 0 Å². The molecule has 1 unspecified atom stereocenters. The van der Waals surface area contributed by atoms with E-state index in [1.54, 1.807) is 12.1 Å². The first-order chi connectivity index (χ1) is 19.3. The van der Waals surface area contributed by atoms with Crippen molar-refractivity contribution in [2.24, 2.45) is 5.73 Å². The Hall–Kier alpha value is -4.55. The zero-order valence-electron chi connectivity index (χ0n) is 21.6. The number of hydrazine groups is 1. The number of halogens is 2. The quantitative estimate of drug-likeness (QED) is 0.330. The van der Waals surface area contributed by atoms with Crippen LogP contribution < -0.4 is 20.4 Å². The molecule has 10 nitrogen and oxygen atoms in total. The van der Waals surface area contributed by atoms with E-state index in [1.165, 1.54) is 28.4 Å². The number of ether oxygens (including phenoxy) is 1. The number of carbonyl (C=O) groups is 1. The Morgan fingerprint density at radius 1 is 1.02 bits per heavy atom. The number of urea groups is 1. The number of benzene rings is 3. The van der Waals surface area contributed by atoms with Gasteiger partial charge in [-0.25, -0.2) is 33.3 Å². The van der Waals surface area contributed by atoms with Crippen molar-refractivity contribution in [3.8, 4) is 5.75 Å². The zero-order chi connectivity index (χ0) is 28.1. The first-order valence-corrected chi connectivity index (χ1v) is 12.7. The van der Waals surface area contributed by atoms with Crippen LogP contribution in [0.3, 0.4) is 0 Å². The Morgan fingerprint density at radius 2 is 1.75 bits per heavy atom. The zero-order valence-corrected chi connectivity index (χ0v) is 21.6. The summed E-state index contributed by atoms with van der Waals surface area (Å²) in [4.78, 5) is 18.2. The third kappa shape index (κ3) is 6.03. The lowest BCUT2D eigenvalue weighted by Gasteiger charge is -2.41. The molecule has 0 saturated carbocycles. The molecule has 0 aliphatic carbocycles. The molecular formula is C28H29F2N7O3. The average Bonchev–Trinajstić information content (AvgIpc) is 3.46. The Balaban J connectivity index is 1.23. The molecule has 2 amide bonds. The number of nitrogens with two attached hydrogens (primary N) is 1. The van der Waals surface area contributed by atoms with E-state index >= 15 is 0 Å². The maximum Gasteiger partial charge on any atom is 0.334 e. The van der Waals surface area contributed by atoms with Gasteiger partial charge in [0.15, 0.2) is 0 Å². The summed E-state index contributed by atoms with van der Waals surface area (Å²) in [5.74, 6) is -1.17. The molecule has 4 aromatic rings. The molecule has 208 valence electrons. The summed E-state index contributed by atoms with van der Waals surface area (Å²) < 4.78 is 35.4. The minimum absolute atomic E-state index is 0.112. The number of para-hydroxylation sites is 1. The van der Waals surface area contributed by atoms with Gasteiger partial charge in [-0.2, -0.15) is 5.10 Å². The lowest BCUT2D eigenvalue weighted by Crippen LogP contribution is -2.57. The first-order valence-electron chi connectivity index (χ1n) is 12.7. The Bertz CT molecular complexity index is 1420. The highest BCUT2D eigenvalue weighted by Crippen LogP contribution is 2.29. The summed E-state index contributed by atoms with van der Waals surface area (Å²) in [6, 6.07) is 19.1. The topological polar surface area (TPSA) is 113 Å². The lowest BCUT2D eigenvalue weighted by atomic mass is 9.94. The number of carbonyl (C=O) groups excluding carboxylic acids is 1. The third-order valence-corrected chi connectivity index (χ3v) is 6.75. The Morgan fingerprint density at radius 3 is 2.38 bits per heavy atom. The molecule has 5 rings (SSSR count). The number of primary amides is 1. The van der Waals surface area contributed by atoms with Crippen LogP contribution in [-0.4, -0.2) is 63.7 Å². The SMILES string of the molecule is NC(=O)N(c1ccccc1)N1CCN(c2ccc(OCC(O)(Cn3cncn3)c3ccc(F)cc3F)cc2)CC1. The van der Waals surface area contributed by atoms with Crippen LogP contribution in [-0.2, 0) is 12.1 Å². The normalized spacial score (nSPS) is 15.4. The number of rotatable bonds is 9. The number of piperazine rings is 1. The summed E-state index contributed by atoms with van der Waals surface area (Å²) in [6.07, 6.45) is 2.69. The first kappa shape index (κ1) is 27.0. The minimum atomic E-state index is -1.84. The number of amides is 2. The van der Waals surface area contributed by atoms with Crippen LogP contribution in [0.5, 0.6) is 5.75 Å². The maximum absolute atomic E-state index is 14.6. The van der Waals surface area contributed by atoms with Crippen LogP contribution in [0.15, 0.2) is 85.5 Å². The number of anilines is 2. The van der Waals surface area contributed by atoms with Gasteiger partial charge in [0, 0.05) is 43.5 Å². The van der Waals surface area contributed by atoms with Gasteiger partial charge in [0.1, 0.15) is 42.2 Å². The second-order valence-electron chi connectivity index (χ2n) is 9.46.